The van der Waals surface area contributed by atoms with Crippen molar-refractivity contribution in [2.24, 2.45) is 4.99 Å². The van der Waals surface area contributed by atoms with Crippen LogP contribution in [0.4, 0.5) is 0 Å². The van der Waals surface area contributed by atoms with Gasteiger partial charge in [-0.05, 0) is 18.5 Å². The van der Waals surface area contributed by atoms with E-state index in [1.165, 1.54) is 0 Å². The van der Waals surface area contributed by atoms with Gasteiger partial charge in [-0.3, -0.25) is 4.99 Å². The maximum absolute atomic E-state index is 5.60. The molecule has 2 rings (SSSR count). The molecule has 0 aliphatic carbocycles. The first-order valence-electron chi connectivity index (χ1n) is 3.30. The normalized spacial score (nSPS) is 14.5. The molecule has 3 nitrogen and oxygen atoms in total. The largest absolute Gasteiger partial charge is 0.283 e. The first-order valence-corrected chi connectivity index (χ1v) is 3.68. The third kappa shape index (κ3) is 1.01. The molecule has 11 heavy (non-hydrogen) atoms. The Morgan fingerprint density at radius 3 is 3.18 bits per heavy atom. The van der Waals surface area contributed by atoms with Gasteiger partial charge in [0.2, 0.25) is 5.28 Å². The molecule has 0 spiro atoms. The molecule has 0 bridgehead atoms. The summed E-state index contributed by atoms with van der Waals surface area (Å²) in [6, 6.07) is 0. The van der Waals surface area contributed by atoms with E-state index in [0.29, 0.717) is 11.8 Å². The monoisotopic (exact) mass is 167 g/mol. The third-order valence-corrected chi connectivity index (χ3v) is 1.88. The molecule has 0 saturated heterocycles. The number of aliphatic imine (C=N–C) groups is 1. The highest BCUT2D eigenvalue weighted by Crippen LogP contribution is 2.16. The fourth-order valence-electron chi connectivity index (χ4n) is 1.09. The predicted octanol–water partition coefficient (Wildman–Crippen LogP) is 1.45. The minimum absolute atomic E-state index is 0.300. The van der Waals surface area contributed by atoms with Crippen molar-refractivity contribution in [1.82, 2.24) is 9.97 Å². The first kappa shape index (κ1) is 6.73. The Hall–Kier alpha value is -0.960. The van der Waals surface area contributed by atoms with Crippen molar-refractivity contribution in [2.75, 3.05) is 0 Å². The van der Waals surface area contributed by atoms with Crippen molar-refractivity contribution in [2.45, 2.75) is 13.5 Å². The van der Waals surface area contributed by atoms with Crippen molar-refractivity contribution in [1.29, 1.82) is 0 Å². The maximum Gasteiger partial charge on any atom is 0.222 e. The zero-order chi connectivity index (χ0) is 7.84. The van der Waals surface area contributed by atoms with Crippen LogP contribution in [-0.4, -0.2) is 15.7 Å². The summed E-state index contributed by atoms with van der Waals surface area (Å²) in [5, 5.41) is 0.300. The van der Waals surface area contributed by atoms with Crippen molar-refractivity contribution in [3.8, 4) is 0 Å². The van der Waals surface area contributed by atoms with E-state index in [-0.39, 0.29) is 0 Å². The second-order valence-corrected chi connectivity index (χ2v) is 2.74. The van der Waals surface area contributed by atoms with E-state index in [1.54, 1.807) is 6.20 Å². The van der Waals surface area contributed by atoms with Crippen molar-refractivity contribution in [3.63, 3.8) is 0 Å². The minimum Gasteiger partial charge on any atom is -0.283 e. The molecule has 0 unspecified atom stereocenters. The van der Waals surface area contributed by atoms with E-state index in [1.807, 2.05) is 6.92 Å². The third-order valence-electron chi connectivity index (χ3n) is 1.69. The molecule has 0 fully saturated rings. The van der Waals surface area contributed by atoms with E-state index in [0.717, 1.165) is 17.0 Å². The quantitative estimate of drug-likeness (QED) is 0.549. The van der Waals surface area contributed by atoms with E-state index in [4.69, 9.17) is 11.6 Å². The summed E-state index contributed by atoms with van der Waals surface area (Å²) in [7, 11) is 0. The van der Waals surface area contributed by atoms with Gasteiger partial charge in [-0.1, -0.05) is 0 Å². The number of rotatable bonds is 0. The molecule has 0 atom stereocenters. The molecule has 1 aliphatic rings. The summed E-state index contributed by atoms with van der Waals surface area (Å²) in [4.78, 5) is 12.1. The highest BCUT2D eigenvalue weighted by molar-refractivity contribution is 6.28. The van der Waals surface area contributed by atoms with E-state index < -0.39 is 0 Å². The number of fused-ring (bicyclic) bond motifs is 1. The Bertz CT molecular complexity index is 332. The van der Waals surface area contributed by atoms with Crippen LogP contribution in [0, 0.1) is 0 Å². The fourth-order valence-corrected chi connectivity index (χ4v) is 1.25. The van der Waals surface area contributed by atoms with Gasteiger partial charge in [0.25, 0.3) is 0 Å². The molecule has 1 aliphatic heterocycles. The highest BCUT2D eigenvalue weighted by Gasteiger charge is 2.13. The van der Waals surface area contributed by atoms with Gasteiger partial charge in [0, 0.05) is 17.5 Å². The van der Waals surface area contributed by atoms with Gasteiger partial charge >= 0.3 is 0 Å². The Morgan fingerprint density at radius 1 is 1.55 bits per heavy atom. The van der Waals surface area contributed by atoms with Crippen LogP contribution in [0.2, 0.25) is 5.28 Å². The smallest absolute Gasteiger partial charge is 0.222 e. The standard InChI is InChI=1S/C7H6ClN3/c1-4-5-2-10-7(8)11-6(5)3-9-4/h2H,3H2,1H3. The SMILES string of the molecule is CC1=NCc2nc(Cl)ncc21. The van der Waals surface area contributed by atoms with Crippen LogP contribution in [0.3, 0.4) is 0 Å². The van der Waals surface area contributed by atoms with Crippen molar-refractivity contribution < 1.29 is 0 Å². The summed E-state index contributed by atoms with van der Waals surface area (Å²) < 4.78 is 0. The number of hydrogen-bond donors (Lipinski definition) is 0. The Kier molecular flexibility index (Phi) is 1.39. The topological polar surface area (TPSA) is 38.1 Å². The maximum atomic E-state index is 5.60. The van der Waals surface area contributed by atoms with Crippen molar-refractivity contribution in [3.05, 3.63) is 22.7 Å². The lowest BCUT2D eigenvalue weighted by atomic mass is 10.2. The molecule has 1 aromatic heterocycles. The zero-order valence-electron chi connectivity index (χ0n) is 6.00. The molecule has 56 valence electrons. The van der Waals surface area contributed by atoms with E-state index in [2.05, 4.69) is 15.0 Å². The summed E-state index contributed by atoms with van der Waals surface area (Å²) in [6.07, 6.45) is 1.72. The summed E-state index contributed by atoms with van der Waals surface area (Å²) in [5.41, 5.74) is 2.95. The number of hydrogen-bond acceptors (Lipinski definition) is 3. The van der Waals surface area contributed by atoms with Gasteiger partial charge in [0.1, 0.15) is 0 Å². The summed E-state index contributed by atoms with van der Waals surface area (Å²) in [6.45, 7) is 2.59. The number of aromatic nitrogens is 2. The second kappa shape index (κ2) is 2.27. The average molecular weight is 168 g/mol. The molecule has 4 heteroatoms. The first-order chi connectivity index (χ1) is 5.27. The zero-order valence-corrected chi connectivity index (χ0v) is 6.76. The van der Waals surface area contributed by atoms with Crippen LogP contribution in [0.5, 0.6) is 0 Å². The van der Waals surface area contributed by atoms with Gasteiger partial charge in [-0.2, -0.15) is 0 Å². The van der Waals surface area contributed by atoms with Gasteiger partial charge in [-0.15, -0.1) is 0 Å². The van der Waals surface area contributed by atoms with Gasteiger partial charge in [-0.25, -0.2) is 9.97 Å². The lowest BCUT2D eigenvalue weighted by molar-refractivity contribution is 0.993. The van der Waals surface area contributed by atoms with Gasteiger partial charge < -0.3 is 0 Å². The average Bonchev–Trinajstić information content (AvgIpc) is 2.32. The number of halogens is 1. The van der Waals surface area contributed by atoms with Crippen LogP contribution < -0.4 is 0 Å². The molecular weight excluding hydrogens is 162 g/mol. The lowest BCUT2D eigenvalue weighted by Crippen LogP contribution is -1.96. The van der Waals surface area contributed by atoms with Crippen LogP contribution in [0.15, 0.2) is 11.2 Å². The summed E-state index contributed by atoms with van der Waals surface area (Å²) >= 11 is 5.60. The van der Waals surface area contributed by atoms with E-state index >= 15 is 0 Å². The molecule has 1 aromatic rings. The Morgan fingerprint density at radius 2 is 2.36 bits per heavy atom. The lowest BCUT2D eigenvalue weighted by Gasteiger charge is -1.95. The van der Waals surface area contributed by atoms with Crippen LogP contribution in [0.25, 0.3) is 0 Å². The minimum atomic E-state index is 0.300. The van der Waals surface area contributed by atoms with Crippen LogP contribution in [0.1, 0.15) is 18.2 Å². The molecule has 0 saturated carbocycles. The van der Waals surface area contributed by atoms with Crippen LogP contribution in [-0.2, 0) is 6.54 Å². The highest BCUT2D eigenvalue weighted by atomic mass is 35.5. The van der Waals surface area contributed by atoms with E-state index in [9.17, 15) is 0 Å². The number of nitrogens with zero attached hydrogens (tertiary/aromatic N) is 3. The van der Waals surface area contributed by atoms with Crippen molar-refractivity contribution >= 4 is 17.3 Å². The molecule has 0 aromatic carbocycles. The second-order valence-electron chi connectivity index (χ2n) is 2.40. The van der Waals surface area contributed by atoms with Crippen LogP contribution >= 0.6 is 11.6 Å². The molecule has 0 radical (unpaired) electrons. The fraction of sp³-hybridized carbons (Fsp3) is 0.286. The molecule has 0 N–H and O–H groups in total. The van der Waals surface area contributed by atoms with Gasteiger partial charge in [0.15, 0.2) is 0 Å². The molecule has 0 amide bonds. The predicted molar refractivity (Wildman–Crippen MR) is 43.0 cm³/mol. The summed E-state index contributed by atoms with van der Waals surface area (Å²) in [5.74, 6) is 0. The van der Waals surface area contributed by atoms with Gasteiger partial charge in [0.05, 0.1) is 12.2 Å². The Labute approximate surface area is 69.2 Å². The molecular formula is C7H6ClN3. The molecule has 2 heterocycles. The Balaban J connectivity index is 2.58.